The van der Waals surface area contributed by atoms with Crippen molar-refractivity contribution in [3.8, 4) is 11.5 Å². The van der Waals surface area contributed by atoms with Crippen LogP contribution in [0.4, 0.5) is 0 Å². The second kappa shape index (κ2) is 7.21. The summed E-state index contributed by atoms with van der Waals surface area (Å²) in [4.78, 5) is 15.9. The molecule has 7 nitrogen and oxygen atoms in total. The van der Waals surface area contributed by atoms with Crippen molar-refractivity contribution >= 4 is 15.7 Å². The lowest BCUT2D eigenvalue weighted by Crippen LogP contribution is -3.18. The minimum Gasteiger partial charge on any atom is -0.497 e. The quantitative estimate of drug-likeness (QED) is 0.754. The molecule has 25 heavy (non-hydrogen) atoms. The summed E-state index contributed by atoms with van der Waals surface area (Å²) in [5.74, 6) is 1.67. The van der Waals surface area contributed by atoms with Gasteiger partial charge in [0.1, 0.15) is 23.3 Å². The molecule has 2 fully saturated rings. The van der Waals surface area contributed by atoms with Crippen LogP contribution in [0.1, 0.15) is 16.8 Å². The van der Waals surface area contributed by atoms with Gasteiger partial charge in [-0.2, -0.15) is 0 Å². The van der Waals surface area contributed by atoms with E-state index >= 15 is 0 Å². The number of amides is 1. The molecular weight excluding hydrogens is 344 g/mol. The van der Waals surface area contributed by atoms with Crippen LogP contribution in [0.15, 0.2) is 18.2 Å². The van der Waals surface area contributed by atoms with Crippen LogP contribution in [0, 0.1) is 0 Å². The predicted molar refractivity (Wildman–Crippen MR) is 93.2 cm³/mol. The molecule has 8 heteroatoms. The number of methoxy groups -OCH3 is 2. The first-order valence-electron chi connectivity index (χ1n) is 8.50. The van der Waals surface area contributed by atoms with E-state index in [0.717, 1.165) is 19.5 Å². The van der Waals surface area contributed by atoms with Crippen LogP contribution in [0.5, 0.6) is 11.5 Å². The van der Waals surface area contributed by atoms with Crippen molar-refractivity contribution in [2.45, 2.75) is 12.5 Å². The number of hydrogen-bond acceptors (Lipinski definition) is 5. The van der Waals surface area contributed by atoms with Gasteiger partial charge in [-0.05, 0) is 12.1 Å². The highest BCUT2D eigenvalue weighted by Crippen LogP contribution is 2.25. The van der Waals surface area contributed by atoms with E-state index in [2.05, 4.69) is 0 Å². The molecule has 1 atom stereocenters. The zero-order chi connectivity index (χ0) is 18.0. The molecule has 0 aromatic heterocycles. The summed E-state index contributed by atoms with van der Waals surface area (Å²) in [7, 11) is 0.244. The van der Waals surface area contributed by atoms with E-state index in [1.54, 1.807) is 25.3 Å². The average molecular weight is 369 g/mol. The third kappa shape index (κ3) is 3.90. The zero-order valence-corrected chi connectivity index (χ0v) is 15.5. The molecule has 2 saturated heterocycles. The molecule has 0 bridgehead atoms. The third-order valence-electron chi connectivity index (χ3n) is 5.14. The van der Waals surface area contributed by atoms with Crippen LogP contribution in [-0.2, 0) is 9.84 Å². The standard InChI is InChI=1S/C17H24N2O5S/c1-23-14-3-4-15(16(11-14)24-2)17(20)19-8-6-18(7-9-19)13-5-10-25(21,22)12-13/h3-4,11,13H,5-10,12H2,1-2H3/p+1/t13-/m0/s1. The Hall–Kier alpha value is -1.80. The van der Waals surface area contributed by atoms with Gasteiger partial charge >= 0.3 is 0 Å². The molecule has 2 heterocycles. The summed E-state index contributed by atoms with van der Waals surface area (Å²) in [5, 5.41) is 0. The Morgan fingerprint density at radius 1 is 1.20 bits per heavy atom. The SMILES string of the molecule is COc1ccc(C(=O)N2CC[NH+]([C@H]3CCS(=O)(=O)C3)CC2)c(OC)c1. The van der Waals surface area contributed by atoms with Gasteiger partial charge in [0.15, 0.2) is 9.84 Å². The number of sulfone groups is 1. The Balaban J connectivity index is 1.64. The lowest BCUT2D eigenvalue weighted by atomic mass is 10.1. The maximum Gasteiger partial charge on any atom is 0.258 e. The normalized spacial score (nSPS) is 23.4. The molecule has 0 radical (unpaired) electrons. The number of nitrogens with one attached hydrogen (secondary N) is 1. The van der Waals surface area contributed by atoms with E-state index in [-0.39, 0.29) is 17.7 Å². The van der Waals surface area contributed by atoms with Gasteiger partial charge in [-0.15, -0.1) is 0 Å². The zero-order valence-electron chi connectivity index (χ0n) is 14.7. The number of quaternary nitrogens is 1. The van der Waals surface area contributed by atoms with Gasteiger partial charge in [0, 0.05) is 12.5 Å². The summed E-state index contributed by atoms with van der Waals surface area (Å²) in [6.07, 6.45) is 0.734. The first-order chi connectivity index (χ1) is 11.9. The van der Waals surface area contributed by atoms with E-state index in [9.17, 15) is 13.2 Å². The Morgan fingerprint density at radius 3 is 2.48 bits per heavy atom. The van der Waals surface area contributed by atoms with Crippen LogP contribution in [0.2, 0.25) is 0 Å². The molecule has 0 spiro atoms. The highest BCUT2D eigenvalue weighted by molar-refractivity contribution is 7.91. The highest BCUT2D eigenvalue weighted by Gasteiger charge is 2.37. The summed E-state index contributed by atoms with van der Waals surface area (Å²) < 4.78 is 33.8. The topological polar surface area (TPSA) is 77.4 Å². The smallest absolute Gasteiger partial charge is 0.258 e. The molecule has 0 unspecified atom stereocenters. The van der Waals surface area contributed by atoms with Gasteiger partial charge in [0.2, 0.25) is 0 Å². The molecule has 2 aliphatic rings. The minimum atomic E-state index is -2.86. The van der Waals surface area contributed by atoms with Crippen molar-refractivity contribution in [3.63, 3.8) is 0 Å². The first kappa shape index (κ1) is 18.0. The second-order valence-electron chi connectivity index (χ2n) is 6.62. The lowest BCUT2D eigenvalue weighted by Gasteiger charge is -2.35. The largest absolute Gasteiger partial charge is 0.497 e. The molecule has 1 aromatic carbocycles. The number of benzene rings is 1. The van der Waals surface area contributed by atoms with Crippen molar-refractivity contribution < 1.29 is 27.6 Å². The molecule has 1 amide bonds. The van der Waals surface area contributed by atoms with Gasteiger partial charge in [-0.3, -0.25) is 4.79 Å². The third-order valence-corrected chi connectivity index (χ3v) is 6.91. The molecule has 2 aliphatic heterocycles. The van der Waals surface area contributed by atoms with E-state index in [4.69, 9.17) is 9.47 Å². The molecule has 1 N–H and O–H groups in total. The predicted octanol–water partition coefficient (Wildman–Crippen LogP) is -0.768. The van der Waals surface area contributed by atoms with Gasteiger partial charge in [-0.25, -0.2) is 8.42 Å². The fourth-order valence-electron chi connectivity index (χ4n) is 3.67. The van der Waals surface area contributed by atoms with Crippen molar-refractivity contribution in [2.75, 3.05) is 51.9 Å². The van der Waals surface area contributed by atoms with E-state index in [1.165, 1.54) is 12.0 Å². The maximum atomic E-state index is 12.8. The van der Waals surface area contributed by atoms with E-state index < -0.39 is 9.84 Å². The fraction of sp³-hybridized carbons (Fsp3) is 0.588. The highest BCUT2D eigenvalue weighted by atomic mass is 32.2. The number of ether oxygens (including phenoxy) is 2. The number of piperazine rings is 1. The molecule has 3 rings (SSSR count). The maximum absolute atomic E-state index is 12.8. The second-order valence-corrected chi connectivity index (χ2v) is 8.85. The Bertz CT molecular complexity index is 741. The summed E-state index contributed by atoms with van der Waals surface area (Å²) in [5.41, 5.74) is 0.523. The summed E-state index contributed by atoms with van der Waals surface area (Å²) >= 11 is 0. The van der Waals surface area contributed by atoms with Crippen LogP contribution < -0.4 is 14.4 Å². The van der Waals surface area contributed by atoms with Crippen molar-refractivity contribution in [3.05, 3.63) is 23.8 Å². The van der Waals surface area contributed by atoms with Gasteiger partial charge in [0.25, 0.3) is 5.91 Å². The van der Waals surface area contributed by atoms with Gasteiger partial charge < -0.3 is 19.3 Å². The van der Waals surface area contributed by atoms with Crippen molar-refractivity contribution in [2.24, 2.45) is 0 Å². The minimum absolute atomic E-state index is 0.0578. The van der Waals surface area contributed by atoms with E-state index in [0.29, 0.717) is 35.9 Å². The summed E-state index contributed by atoms with van der Waals surface area (Å²) in [6.45, 7) is 2.81. The van der Waals surface area contributed by atoms with Crippen LogP contribution in [0.3, 0.4) is 0 Å². The van der Waals surface area contributed by atoms with Crippen molar-refractivity contribution in [1.29, 1.82) is 0 Å². The molecule has 1 aromatic rings. The van der Waals surface area contributed by atoms with Crippen molar-refractivity contribution in [1.82, 2.24) is 4.90 Å². The number of carbonyl (C=O) groups excluding carboxylic acids is 1. The molecule has 138 valence electrons. The molecular formula is C17H25N2O5S+. The Kier molecular flexibility index (Phi) is 5.19. The average Bonchev–Trinajstić information content (AvgIpc) is 3.00. The molecule has 0 aliphatic carbocycles. The van der Waals surface area contributed by atoms with E-state index in [1.807, 2.05) is 4.90 Å². The summed E-state index contributed by atoms with van der Waals surface area (Å²) in [6, 6.07) is 5.36. The fourth-order valence-corrected chi connectivity index (χ4v) is 5.49. The number of carbonyl (C=O) groups is 1. The number of hydrogen-bond donors (Lipinski definition) is 1. The monoisotopic (exact) mass is 369 g/mol. The Labute approximate surface area is 148 Å². The van der Waals surface area contributed by atoms with Crippen LogP contribution in [0.25, 0.3) is 0 Å². The number of nitrogens with zero attached hydrogens (tertiary/aromatic N) is 1. The number of rotatable bonds is 4. The lowest BCUT2D eigenvalue weighted by molar-refractivity contribution is -0.925. The van der Waals surface area contributed by atoms with Crippen LogP contribution >= 0.6 is 0 Å². The van der Waals surface area contributed by atoms with Crippen LogP contribution in [-0.4, -0.2) is 77.2 Å². The van der Waals surface area contributed by atoms with Gasteiger partial charge in [-0.1, -0.05) is 0 Å². The molecule has 0 saturated carbocycles. The first-order valence-corrected chi connectivity index (χ1v) is 10.3. The van der Waals surface area contributed by atoms with Gasteiger partial charge in [0.05, 0.1) is 51.7 Å². The Morgan fingerprint density at radius 2 is 1.92 bits per heavy atom.